The van der Waals surface area contributed by atoms with Gasteiger partial charge in [-0.1, -0.05) is 86.7 Å². The molecule has 6 rings (SSSR count). The average molecular weight is 572 g/mol. The number of nitrogens with zero attached hydrogens (tertiary/aromatic N) is 3. The first-order valence-corrected chi connectivity index (χ1v) is 15.2. The second-order valence-electron chi connectivity index (χ2n) is 12.0. The predicted octanol–water partition coefficient (Wildman–Crippen LogP) is 3.89. The normalized spacial score (nSPS) is 31.7. The maximum Gasteiger partial charge on any atom is 0.247 e. The zero-order valence-corrected chi connectivity index (χ0v) is 24.5. The van der Waals surface area contributed by atoms with Gasteiger partial charge in [-0.05, 0) is 30.5 Å². The Balaban J connectivity index is 1.47. The summed E-state index contributed by atoms with van der Waals surface area (Å²) in [6, 6.07) is 18.0. The Hall–Kier alpha value is -3.36. The maximum atomic E-state index is 14.7. The van der Waals surface area contributed by atoms with E-state index in [1.165, 1.54) is 0 Å². The molecule has 2 aromatic carbocycles. The molecular formula is C33H37N3O4S. The molecule has 214 valence electrons. The van der Waals surface area contributed by atoms with E-state index in [0.29, 0.717) is 19.6 Å². The van der Waals surface area contributed by atoms with Crippen molar-refractivity contribution in [3.8, 4) is 0 Å². The number of benzene rings is 2. The Morgan fingerprint density at radius 1 is 0.878 bits per heavy atom. The summed E-state index contributed by atoms with van der Waals surface area (Å²) >= 11 is 1.57. The molecular weight excluding hydrogens is 534 g/mol. The van der Waals surface area contributed by atoms with Gasteiger partial charge in [0.1, 0.15) is 6.04 Å². The summed E-state index contributed by atoms with van der Waals surface area (Å²) < 4.78 is -1.63. The Morgan fingerprint density at radius 3 is 2.20 bits per heavy atom. The highest BCUT2D eigenvalue weighted by molar-refractivity contribution is 8.02. The van der Waals surface area contributed by atoms with Gasteiger partial charge in [-0.15, -0.1) is 11.8 Å². The van der Waals surface area contributed by atoms with E-state index in [1.807, 2.05) is 99.7 Å². The predicted molar refractivity (Wildman–Crippen MR) is 161 cm³/mol. The molecule has 2 saturated heterocycles. The van der Waals surface area contributed by atoms with Gasteiger partial charge in [-0.25, -0.2) is 0 Å². The number of carbonyl (C=O) groups is 3. The number of fused-ring (bicyclic) bond motifs is 2. The van der Waals surface area contributed by atoms with Gasteiger partial charge < -0.3 is 19.8 Å². The molecule has 0 radical (unpaired) electrons. The van der Waals surface area contributed by atoms with Gasteiger partial charge in [-0.3, -0.25) is 14.4 Å². The maximum absolute atomic E-state index is 14.7. The number of thioether (sulfide) groups is 1. The second-order valence-corrected chi connectivity index (χ2v) is 13.8. The lowest BCUT2D eigenvalue weighted by Crippen LogP contribution is -2.57. The van der Waals surface area contributed by atoms with Crippen LogP contribution in [0, 0.1) is 17.8 Å². The smallest absolute Gasteiger partial charge is 0.247 e. The summed E-state index contributed by atoms with van der Waals surface area (Å²) in [4.78, 5) is 49.0. The highest BCUT2D eigenvalue weighted by atomic mass is 32.2. The van der Waals surface area contributed by atoms with E-state index in [2.05, 4.69) is 6.08 Å². The van der Waals surface area contributed by atoms with Gasteiger partial charge in [-0.2, -0.15) is 0 Å². The highest BCUT2D eigenvalue weighted by Crippen LogP contribution is 2.66. The molecule has 2 fully saturated rings. The van der Waals surface area contributed by atoms with Crippen LogP contribution in [0.3, 0.4) is 0 Å². The first-order chi connectivity index (χ1) is 19.7. The molecule has 7 nitrogen and oxygen atoms in total. The fourth-order valence-corrected chi connectivity index (χ4v) is 9.42. The van der Waals surface area contributed by atoms with Crippen LogP contribution in [0.5, 0.6) is 0 Å². The molecule has 6 atom stereocenters. The third-order valence-corrected chi connectivity index (χ3v) is 11.0. The summed E-state index contributed by atoms with van der Waals surface area (Å²) in [6.07, 6.45) is 8.12. The number of rotatable bonds is 6. The molecule has 0 aliphatic carbocycles. The minimum absolute atomic E-state index is 0.0793. The minimum Gasteiger partial charge on any atom is -0.394 e. The van der Waals surface area contributed by atoms with Crippen molar-refractivity contribution in [1.82, 2.24) is 9.80 Å². The number of hydrogen-bond donors (Lipinski definition) is 1. The average Bonchev–Trinajstić information content (AvgIpc) is 3.23. The van der Waals surface area contributed by atoms with Crippen molar-refractivity contribution in [2.75, 3.05) is 24.6 Å². The molecule has 0 saturated carbocycles. The summed E-state index contributed by atoms with van der Waals surface area (Å²) in [5.41, 5.74) is 1.79. The van der Waals surface area contributed by atoms with Crippen molar-refractivity contribution in [1.29, 1.82) is 0 Å². The van der Waals surface area contributed by atoms with Crippen molar-refractivity contribution in [2.45, 2.75) is 48.9 Å². The number of aliphatic hydroxyl groups is 1. The summed E-state index contributed by atoms with van der Waals surface area (Å²) in [5.74, 6) is -1.96. The fraction of sp³-hybridized carbons (Fsp3) is 0.424. The molecule has 4 aliphatic rings. The Morgan fingerprint density at radius 2 is 1.54 bits per heavy atom. The van der Waals surface area contributed by atoms with E-state index < -0.39 is 33.4 Å². The molecule has 2 aromatic rings. The quantitative estimate of drug-likeness (QED) is 0.532. The SMILES string of the molecule is CC(C)[C@H](CO)N1C(=O)[C@@H]2[C@H]3C(=O)N(c4ccccc4)CC=C[C@@]3(C)S[C@@]23C=CCN(Cc2ccccc2)C(=O)C13. The van der Waals surface area contributed by atoms with E-state index in [4.69, 9.17) is 0 Å². The third-order valence-electron chi connectivity index (χ3n) is 9.18. The number of hydrogen-bond acceptors (Lipinski definition) is 5. The van der Waals surface area contributed by atoms with Gasteiger partial charge in [0, 0.05) is 30.1 Å². The Kier molecular flexibility index (Phi) is 7.10. The summed E-state index contributed by atoms with van der Waals surface area (Å²) in [7, 11) is 0. The van der Waals surface area contributed by atoms with Crippen LogP contribution in [0.4, 0.5) is 5.69 Å². The van der Waals surface area contributed by atoms with Crippen LogP contribution in [-0.4, -0.2) is 73.9 Å². The van der Waals surface area contributed by atoms with Crippen LogP contribution < -0.4 is 4.90 Å². The van der Waals surface area contributed by atoms with Crippen LogP contribution in [0.1, 0.15) is 26.3 Å². The lowest BCUT2D eigenvalue weighted by atomic mass is 9.74. The molecule has 4 heterocycles. The number of anilines is 1. The molecule has 0 aromatic heterocycles. The second kappa shape index (κ2) is 10.5. The number of para-hydroxylation sites is 1. The monoisotopic (exact) mass is 571 g/mol. The van der Waals surface area contributed by atoms with Crippen molar-refractivity contribution >= 4 is 35.2 Å². The van der Waals surface area contributed by atoms with Crippen molar-refractivity contribution in [3.05, 3.63) is 90.5 Å². The third kappa shape index (κ3) is 4.34. The lowest BCUT2D eigenvalue weighted by molar-refractivity contribution is -0.147. The van der Waals surface area contributed by atoms with E-state index in [1.54, 1.807) is 26.5 Å². The lowest BCUT2D eigenvalue weighted by Gasteiger charge is -2.41. The van der Waals surface area contributed by atoms with E-state index in [9.17, 15) is 19.5 Å². The van der Waals surface area contributed by atoms with E-state index in [0.717, 1.165) is 11.3 Å². The first-order valence-electron chi connectivity index (χ1n) is 14.4. The largest absolute Gasteiger partial charge is 0.394 e. The zero-order valence-electron chi connectivity index (χ0n) is 23.7. The number of likely N-dealkylation sites (tertiary alicyclic amines) is 1. The summed E-state index contributed by atoms with van der Waals surface area (Å²) in [5, 5.41) is 10.5. The van der Waals surface area contributed by atoms with Crippen molar-refractivity contribution in [3.63, 3.8) is 0 Å². The molecule has 8 heteroatoms. The Bertz CT molecular complexity index is 1400. The van der Waals surface area contributed by atoms with Crippen molar-refractivity contribution < 1.29 is 19.5 Å². The van der Waals surface area contributed by atoms with E-state index in [-0.39, 0.29) is 30.2 Å². The van der Waals surface area contributed by atoms with Crippen LogP contribution in [0.2, 0.25) is 0 Å². The van der Waals surface area contributed by atoms with Gasteiger partial charge >= 0.3 is 0 Å². The highest BCUT2D eigenvalue weighted by Gasteiger charge is 2.74. The zero-order chi connectivity index (χ0) is 28.9. The number of amides is 3. The van der Waals surface area contributed by atoms with Gasteiger partial charge in [0.05, 0.1) is 29.2 Å². The van der Waals surface area contributed by atoms with Crippen molar-refractivity contribution in [2.24, 2.45) is 17.8 Å². The molecule has 4 aliphatic heterocycles. The van der Waals surface area contributed by atoms with Gasteiger partial charge in [0.25, 0.3) is 0 Å². The van der Waals surface area contributed by atoms with Crippen LogP contribution in [0.25, 0.3) is 0 Å². The van der Waals surface area contributed by atoms with Gasteiger partial charge in [0.2, 0.25) is 17.7 Å². The molecule has 1 unspecified atom stereocenters. The topological polar surface area (TPSA) is 81.2 Å². The standard InChI is InChI=1S/C33H37N3O4S/c1-22(2)25(21-37)36-28-31(40)34(20-23-12-6-4-7-13-23)18-11-17-33(28)27(30(36)39)26-29(38)35(24-14-8-5-9-15-24)19-10-16-32(26,3)41-33/h4-17,22,25-28,37H,18-21H2,1-3H3/t25-,26-,27-,28?,32+,33-/m0/s1. The molecule has 1 N–H and O–H groups in total. The first kappa shape index (κ1) is 27.8. The number of carbonyl (C=O) groups excluding carboxylic acids is 3. The number of aliphatic hydroxyl groups excluding tert-OH is 1. The van der Waals surface area contributed by atoms with Crippen LogP contribution in [-0.2, 0) is 20.9 Å². The Labute approximate surface area is 245 Å². The van der Waals surface area contributed by atoms with Gasteiger partial charge in [0.15, 0.2) is 0 Å². The fourth-order valence-electron chi connectivity index (χ4n) is 7.27. The molecule has 41 heavy (non-hydrogen) atoms. The molecule has 0 bridgehead atoms. The van der Waals surface area contributed by atoms with Crippen LogP contribution >= 0.6 is 11.8 Å². The van der Waals surface area contributed by atoms with Crippen LogP contribution in [0.15, 0.2) is 85.0 Å². The minimum atomic E-state index is -0.943. The summed E-state index contributed by atoms with van der Waals surface area (Å²) in [6.45, 7) is 6.94. The molecule has 3 amide bonds. The van der Waals surface area contributed by atoms with E-state index >= 15 is 0 Å². The molecule has 1 spiro atoms.